The largest absolute Gasteiger partial charge is 0.453 e. The predicted molar refractivity (Wildman–Crippen MR) is 179 cm³/mol. The van der Waals surface area contributed by atoms with Gasteiger partial charge in [0, 0.05) is 13.1 Å². The van der Waals surface area contributed by atoms with Gasteiger partial charge in [0.15, 0.2) is 0 Å². The van der Waals surface area contributed by atoms with Gasteiger partial charge in [-0.2, -0.15) is 0 Å². The number of aromatic amines is 1. The van der Waals surface area contributed by atoms with Crippen molar-refractivity contribution in [3.63, 3.8) is 0 Å². The fraction of sp³-hybridized carbons (Fsp3) is 0.588. The Labute approximate surface area is 281 Å². The smallest absolute Gasteiger partial charge is 0.407 e. The molecule has 5 rings (SSSR count). The van der Waals surface area contributed by atoms with E-state index in [9.17, 15) is 19.2 Å². The maximum absolute atomic E-state index is 13.5. The van der Waals surface area contributed by atoms with E-state index in [2.05, 4.69) is 38.1 Å². The van der Waals surface area contributed by atoms with Crippen LogP contribution in [0.25, 0.3) is 11.3 Å². The maximum atomic E-state index is 13.5. The number of amidine groups is 1. The Hall–Kier alpha value is -4.62. The predicted octanol–water partition coefficient (Wildman–Crippen LogP) is 3.54. The van der Waals surface area contributed by atoms with Gasteiger partial charge in [-0.15, -0.1) is 0 Å². The number of amides is 4. The van der Waals surface area contributed by atoms with E-state index in [0.29, 0.717) is 25.5 Å². The van der Waals surface area contributed by atoms with Gasteiger partial charge >= 0.3 is 12.2 Å². The molecule has 0 radical (unpaired) electrons. The highest BCUT2D eigenvalue weighted by Gasteiger charge is 2.40. The van der Waals surface area contributed by atoms with Crippen LogP contribution in [0.1, 0.15) is 76.8 Å². The van der Waals surface area contributed by atoms with E-state index >= 15 is 0 Å². The van der Waals surface area contributed by atoms with Crippen molar-refractivity contribution in [1.29, 1.82) is 0 Å². The van der Waals surface area contributed by atoms with E-state index in [-0.39, 0.29) is 41.8 Å². The Kier molecular flexibility index (Phi) is 10.9. The minimum atomic E-state index is -0.688. The number of likely N-dealkylation sites (tertiary alicyclic amines) is 2. The first kappa shape index (κ1) is 34.7. The number of carbonyl (C=O) groups excluding carboxylic acids is 4. The van der Waals surface area contributed by atoms with Gasteiger partial charge in [0.25, 0.3) is 0 Å². The van der Waals surface area contributed by atoms with E-state index in [0.717, 1.165) is 48.3 Å². The molecule has 1 unspecified atom stereocenters. The van der Waals surface area contributed by atoms with Crippen LogP contribution in [0.2, 0.25) is 0 Å². The first-order valence-corrected chi connectivity index (χ1v) is 16.8. The molecule has 0 spiro atoms. The molecule has 4 N–H and O–H groups in total. The monoisotopic (exact) mass is 664 g/mol. The molecule has 2 fully saturated rings. The van der Waals surface area contributed by atoms with E-state index in [1.165, 1.54) is 14.2 Å². The van der Waals surface area contributed by atoms with Crippen molar-refractivity contribution in [2.45, 2.75) is 83.6 Å². The number of carbonyl (C=O) groups is 4. The van der Waals surface area contributed by atoms with E-state index in [1.54, 1.807) is 11.1 Å². The summed E-state index contributed by atoms with van der Waals surface area (Å²) in [6, 6.07) is 6.44. The van der Waals surface area contributed by atoms with Crippen molar-refractivity contribution in [2.24, 2.45) is 16.8 Å². The molecule has 3 aliphatic heterocycles. The number of nitrogens with one attached hydrogen (secondary N) is 4. The topological polar surface area (TPSA) is 170 Å². The molecule has 2 saturated heterocycles. The van der Waals surface area contributed by atoms with Crippen LogP contribution in [0.3, 0.4) is 0 Å². The van der Waals surface area contributed by atoms with Gasteiger partial charge in [-0.1, -0.05) is 52.0 Å². The molecule has 1 aromatic heterocycles. The zero-order valence-electron chi connectivity index (χ0n) is 28.6. The second-order valence-corrected chi connectivity index (χ2v) is 13.3. The molecule has 14 heteroatoms. The summed E-state index contributed by atoms with van der Waals surface area (Å²) in [4.78, 5) is 67.3. The first-order valence-electron chi connectivity index (χ1n) is 16.8. The van der Waals surface area contributed by atoms with Crippen molar-refractivity contribution in [3.05, 3.63) is 41.9 Å². The number of aromatic nitrogens is 2. The molecule has 4 amide bonds. The summed E-state index contributed by atoms with van der Waals surface area (Å²) in [7, 11) is 2.57. The molecule has 48 heavy (non-hydrogen) atoms. The zero-order chi connectivity index (χ0) is 34.5. The number of aliphatic imine (C=N–C) groups is 1. The third-order valence-electron chi connectivity index (χ3n) is 9.47. The zero-order valence-corrected chi connectivity index (χ0v) is 28.6. The van der Waals surface area contributed by atoms with Crippen LogP contribution in [0, 0.1) is 11.8 Å². The Morgan fingerprint density at radius 3 is 1.92 bits per heavy atom. The fourth-order valence-corrected chi connectivity index (χ4v) is 6.78. The summed E-state index contributed by atoms with van der Waals surface area (Å²) in [6.07, 6.45) is 3.83. The van der Waals surface area contributed by atoms with Crippen molar-refractivity contribution < 1.29 is 28.7 Å². The Morgan fingerprint density at radius 1 is 0.833 bits per heavy atom. The quantitative estimate of drug-likeness (QED) is 0.299. The van der Waals surface area contributed by atoms with Crippen LogP contribution in [0.15, 0.2) is 35.5 Å². The molecule has 5 atom stereocenters. The summed E-state index contributed by atoms with van der Waals surface area (Å²) >= 11 is 0. The number of alkyl carbamates (subject to hydrolysis) is 2. The molecule has 1 aromatic carbocycles. The van der Waals surface area contributed by atoms with Crippen LogP contribution < -0.4 is 16.0 Å². The lowest BCUT2D eigenvalue weighted by Gasteiger charge is -2.31. The lowest BCUT2D eigenvalue weighted by Crippen LogP contribution is -2.54. The lowest BCUT2D eigenvalue weighted by molar-refractivity contribution is -0.135. The highest BCUT2D eigenvalue weighted by molar-refractivity contribution is 5.95. The van der Waals surface area contributed by atoms with E-state index < -0.39 is 24.3 Å². The molecule has 14 nitrogen and oxygen atoms in total. The van der Waals surface area contributed by atoms with Crippen LogP contribution >= 0.6 is 0 Å². The second kappa shape index (κ2) is 15.1. The first-order chi connectivity index (χ1) is 23.0. The standard InChI is InChI=1S/C34H48N8O6/c1-19(2)27(39-33(45)47-5)31(43)41-15-7-9-25(41)29-35-17-23(37-29)21-11-13-22(14-12-21)24-18-36-30(38-24)26-10-8-16-42(26)32(44)28(20(3)4)40-34(46)48-6/h11-14,17,19-20,24-28H,7-10,15-16,18H2,1-6H3,(H,35,37)(H,36,38)(H,39,45)(H,40,46)/t24?,25-,26-,27-,28-/m0/s1. The average Bonchev–Trinajstić information content (AvgIpc) is 3.90. The SMILES string of the molecule is COC(=O)N[C@H](C(=O)N1CCC[C@H]1C1=NCC(c2ccc(-c3cnc([C@@H]4CCCN4C(=O)[C@@H](NC(=O)OC)C(C)C)[nH]3)cc2)N1)C(C)C. The van der Waals surface area contributed by atoms with Crippen molar-refractivity contribution in [3.8, 4) is 11.3 Å². The normalized spacial score (nSPS) is 21.9. The highest BCUT2D eigenvalue weighted by atomic mass is 16.5. The lowest BCUT2D eigenvalue weighted by atomic mass is 10.0. The number of hydrogen-bond acceptors (Lipinski definition) is 9. The summed E-state index contributed by atoms with van der Waals surface area (Å²) in [5.74, 6) is 1.04. The Balaban J connectivity index is 1.22. The molecular formula is C34H48N8O6. The highest BCUT2D eigenvalue weighted by Crippen LogP contribution is 2.33. The third-order valence-corrected chi connectivity index (χ3v) is 9.47. The van der Waals surface area contributed by atoms with Crippen LogP contribution in [-0.4, -0.2) is 102 Å². The molecule has 0 saturated carbocycles. The minimum absolute atomic E-state index is 0.0245. The Bertz CT molecular complexity index is 1500. The van der Waals surface area contributed by atoms with Crippen LogP contribution in [0.5, 0.6) is 0 Å². The van der Waals surface area contributed by atoms with Gasteiger partial charge in [0.2, 0.25) is 11.8 Å². The molecule has 0 bridgehead atoms. The van der Waals surface area contributed by atoms with Crippen molar-refractivity contribution >= 4 is 29.8 Å². The number of imidazole rings is 1. The van der Waals surface area contributed by atoms with E-state index in [1.807, 2.05) is 44.7 Å². The van der Waals surface area contributed by atoms with Crippen LogP contribution in [-0.2, 0) is 19.1 Å². The number of rotatable bonds is 10. The Morgan fingerprint density at radius 2 is 1.38 bits per heavy atom. The van der Waals surface area contributed by atoms with Crippen LogP contribution in [0.4, 0.5) is 9.59 Å². The number of nitrogens with zero attached hydrogens (tertiary/aromatic N) is 4. The summed E-state index contributed by atoms with van der Waals surface area (Å²) in [5, 5.41) is 8.93. The minimum Gasteiger partial charge on any atom is -0.453 e. The van der Waals surface area contributed by atoms with Gasteiger partial charge in [0.05, 0.1) is 50.8 Å². The number of H-pyrrole nitrogens is 1. The van der Waals surface area contributed by atoms with Crippen molar-refractivity contribution in [1.82, 2.24) is 35.7 Å². The average molecular weight is 665 g/mol. The summed E-state index contributed by atoms with van der Waals surface area (Å²) in [5.41, 5.74) is 2.89. The molecule has 2 aromatic rings. The van der Waals surface area contributed by atoms with Gasteiger partial charge in [-0.05, 0) is 48.6 Å². The van der Waals surface area contributed by atoms with Crippen molar-refractivity contribution in [2.75, 3.05) is 33.9 Å². The third kappa shape index (κ3) is 7.42. The van der Waals surface area contributed by atoms with Gasteiger partial charge in [-0.3, -0.25) is 14.6 Å². The number of benzene rings is 1. The fourth-order valence-electron chi connectivity index (χ4n) is 6.78. The number of ether oxygens (including phenoxy) is 2. The molecule has 3 aliphatic rings. The number of hydrogen-bond donors (Lipinski definition) is 4. The maximum Gasteiger partial charge on any atom is 0.407 e. The number of methoxy groups -OCH3 is 2. The van der Waals surface area contributed by atoms with Gasteiger partial charge in [0.1, 0.15) is 23.7 Å². The molecule has 0 aliphatic carbocycles. The van der Waals surface area contributed by atoms with Gasteiger partial charge in [-0.25, -0.2) is 14.6 Å². The summed E-state index contributed by atoms with van der Waals surface area (Å²) < 4.78 is 9.48. The molecule has 260 valence electrons. The molecule has 4 heterocycles. The van der Waals surface area contributed by atoms with Gasteiger partial charge < -0.3 is 40.2 Å². The van der Waals surface area contributed by atoms with E-state index in [4.69, 9.17) is 14.5 Å². The molecular weight excluding hydrogens is 616 g/mol. The summed E-state index contributed by atoms with van der Waals surface area (Å²) in [6.45, 7) is 9.35. The second-order valence-electron chi connectivity index (χ2n) is 13.3.